The molecule has 0 aromatic carbocycles. The van der Waals surface area contributed by atoms with Gasteiger partial charge in [0, 0.05) is 13.1 Å². The number of rotatable bonds is 2. The number of piperidine rings is 1. The lowest BCUT2D eigenvalue weighted by Crippen LogP contribution is -2.38. The van der Waals surface area contributed by atoms with Gasteiger partial charge in [-0.2, -0.15) is 0 Å². The molecule has 1 atom stereocenters. The second-order valence-electron chi connectivity index (χ2n) is 4.68. The summed E-state index contributed by atoms with van der Waals surface area (Å²) < 4.78 is 5.35. The summed E-state index contributed by atoms with van der Waals surface area (Å²) in [4.78, 5) is 14.8. The molecule has 0 bridgehead atoms. The molecule has 6 heteroatoms. The topological polar surface area (TPSA) is 71.4 Å². The fourth-order valence-corrected chi connectivity index (χ4v) is 2.51. The fraction of sp³-hybridized carbons (Fsp3) is 0.462. The monoisotopic (exact) mass is 260 g/mol. The van der Waals surface area contributed by atoms with E-state index >= 15 is 0 Å². The first-order valence-corrected chi connectivity index (χ1v) is 6.35. The Hall–Kier alpha value is -1.95. The summed E-state index contributed by atoms with van der Waals surface area (Å²) in [5.41, 5.74) is 0.754. The van der Waals surface area contributed by atoms with E-state index in [1.807, 2.05) is 0 Å². The number of hydrogen-bond acceptors (Lipinski definition) is 6. The summed E-state index contributed by atoms with van der Waals surface area (Å²) in [6.07, 6.45) is 6.39. The molecular weight excluding hydrogens is 244 g/mol. The third kappa shape index (κ3) is 2.19. The molecule has 0 spiro atoms. The maximum atomic E-state index is 9.81. The van der Waals surface area contributed by atoms with Gasteiger partial charge in [-0.25, -0.2) is 9.97 Å². The molecular formula is C13H16N4O2. The maximum absolute atomic E-state index is 9.81. The number of aromatic nitrogens is 3. The normalized spacial score (nSPS) is 19.7. The highest BCUT2D eigenvalue weighted by Crippen LogP contribution is 2.31. The molecule has 19 heavy (non-hydrogen) atoms. The van der Waals surface area contributed by atoms with Crippen LogP contribution < -0.4 is 9.64 Å². The van der Waals surface area contributed by atoms with Gasteiger partial charge in [-0.3, -0.25) is 4.98 Å². The zero-order valence-corrected chi connectivity index (χ0v) is 10.8. The molecule has 1 saturated heterocycles. The van der Waals surface area contributed by atoms with Crippen molar-refractivity contribution in [2.75, 3.05) is 25.1 Å². The Bertz CT molecular complexity index is 585. The summed E-state index contributed by atoms with van der Waals surface area (Å²) in [5.74, 6) is 1.47. The van der Waals surface area contributed by atoms with E-state index < -0.39 is 0 Å². The Morgan fingerprint density at radius 3 is 3.05 bits per heavy atom. The largest absolute Gasteiger partial charge is 0.494 e. The number of aliphatic hydroxyl groups is 1. The average Bonchev–Trinajstić information content (AvgIpc) is 2.46. The molecule has 0 aliphatic carbocycles. The number of aliphatic hydroxyl groups excluding tert-OH is 1. The van der Waals surface area contributed by atoms with Crippen molar-refractivity contribution in [3.8, 4) is 5.75 Å². The predicted octanol–water partition coefficient (Wildman–Crippen LogP) is 0.994. The molecule has 0 saturated carbocycles. The molecule has 0 unspecified atom stereocenters. The number of fused-ring (bicyclic) bond motifs is 1. The van der Waals surface area contributed by atoms with E-state index in [2.05, 4.69) is 19.9 Å². The van der Waals surface area contributed by atoms with Crippen LogP contribution in [0, 0.1) is 0 Å². The SMILES string of the molecule is COc1cncc2ncnc(N3CCC[C@@H](O)C3)c12. The van der Waals surface area contributed by atoms with E-state index in [1.165, 1.54) is 6.33 Å². The Kier molecular flexibility index (Phi) is 3.16. The Balaban J connectivity index is 2.12. The van der Waals surface area contributed by atoms with E-state index in [-0.39, 0.29) is 6.10 Å². The Morgan fingerprint density at radius 1 is 1.37 bits per heavy atom. The van der Waals surface area contributed by atoms with Crippen LogP contribution in [0.5, 0.6) is 5.75 Å². The molecule has 3 heterocycles. The van der Waals surface area contributed by atoms with Crippen LogP contribution in [0.15, 0.2) is 18.7 Å². The molecule has 1 aliphatic rings. The van der Waals surface area contributed by atoms with Crippen molar-refractivity contribution in [1.29, 1.82) is 0 Å². The smallest absolute Gasteiger partial charge is 0.150 e. The first-order valence-electron chi connectivity index (χ1n) is 6.35. The van der Waals surface area contributed by atoms with Crippen LogP contribution in [-0.2, 0) is 0 Å². The minimum Gasteiger partial charge on any atom is -0.494 e. The molecule has 100 valence electrons. The van der Waals surface area contributed by atoms with Crippen LogP contribution in [-0.4, -0.2) is 46.4 Å². The van der Waals surface area contributed by atoms with Crippen molar-refractivity contribution in [3.63, 3.8) is 0 Å². The van der Waals surface area contributed by atoms with E-state index in [1.54, 1.807) is 19.5 Å². The Labute approximate surface area is 111 Å². The number of β-amino-alcohol motifs (C(OH)–C–C–N with tert-alkyl or cyclic N) is 1. The van der Waals surface area contributed by atoms with Gasteiger partial charge in [-0.1, -0.05) is 0 Å². The average molecular weight is 260 g/mol. The number of nitrogens with zero attached hydrogens (tertiary/aromatic N) is 4. The number of ether oxygens (including phenoxy) is 1. The number of methoxy groups -OCH3 is 1. The van der Waals surface area contributed by atoms with Gasteiger partial charge in [0.15, 0.2) is 0 Å². The predicted molar refractivity (Wildman–Crippen MR) is 71.3 cm³/mol. The fourth-order valence-electron chi connectivity index (χ4n) is 2.51. The maximum Gasteiger partial charge on any atom is 0.150 e. The van der Waals surface area contributed by atoms with Crippen molar-refractivity contribution >= 4 is 16.7 Å². The molecule has 2 aromatic heterocycles. The summed E-state index contributed by atoms with van der Waals surface area (Å²) in [5, 5.41) is 10.7. The zero-order chi connectivity index (χ0) is 13.2. The first kappa shape index (κ1) is 12.1. The van der Waals surface area contributed by atoms with E-state index in [0.29, 0.717) is 12.3 Å². The summed E-state index contributed by atoms with van der Waals surface area (Å²) in [7, 11) is 1.61. The first-order chi connectivity index (χ1) is 9.29. The van der Waals surface area contributed by atoms with Gasteiger partial charge in [0.25, 0.3) is 0 Å². The van der Waals surface area contributed by atoms with Crippen molar-refractivity contribution in [2.24, 2.45) is 0 Å². The summed E-state index contributed by atoms with van der Waals surface area (Å²) in [6.45, 7) is 1.48. The van der Waals surface area contributed by atoms with Gasteiger partial charge >= 0.3 is 0 Å². The van der Waals surface area contributed by atoms with Gasteiger partial charge in [0.1, 0.15) is 17.9 Å². The molecule has 3 rings (SSSR count). The summed E-state index contributed by atoms with van der Waals surface area (Å²) >= 11 is 0. The van der Waals surface area contributed by atoms with Crippen LogP contribution in [0.4, 0.5) is 5.82 Å². The van der Waals surface area contributed by atoms with Gasteiger partial charge < -0.3 is 14.7 Å². The highest BCUT2D eigenvalue weighted by atomic mass is 16.5. The lowest BCUT2D eigenvalue weighted by Gasteiger charge is -2.31. The standard InChI is InChI=1S/C13H16N4O2/c1-19-11-6-14-5-10-12(11)13(16-8-15-10)17-4-2-3-9(18)7-17/h5-6,8-9,18H,2-4,7H2,1H3/t9-/m1/s1. The molecule has 0 radical (unpaired) electrons. The van der Waals surface area contributed by atoms with Gasteiger partial charge in [-0.05, 0) is 12.8 Å². The number of anilines is 1. The minimum atomic E-state index is -0.299. The lowest BCUT2D eigenvalue weighted by atomic mass is 10.1. The highest BCUT2D eigenvalue weighted by molar-refractivity contribution is 5.94. The molecule has 2 aromatic rings. The molecule has 6 nitrogen and oxygen atoms in total. The lowest BCUT2D eigenvalue weighted by molar-refractivity contribution is 0.154. The van der Waals surface area contributed by atoms with Crippen LogP contribution in [0.3, 0.4) is 0 Å². The molecule has 0 amide bonds. The quantitative estimate of drug-likeness (QED) is 0.868. The van der Waals surface area contributed by atoms with Gasteiger partial charge in [0.2, 0.25) is 0 Å². The number of pyridine rings is 1. The van der Waals surface area contributed by atoms with Crippen molar-refractivity contribution in [1.82, 2.24) is 15.0 Å². The van der Waals surface area contributed by atoms with E-state index in [9.17, 15) is 5.11 Å². The molecule has 1 N–H and O–H groups in total. The molecule has 1 aliphatic heterocycles. The van der Waals surface area contributed by atoms with Gasteiger partial charge in [0.05, 0.1) is 36.5 Å². The minimum absolute atomic E-state index is 0.299. The Morgan fingerprint density at radius 2 is 2.26 bits per heavy atom. The highest BCUT2D eigenvalue weighted by Gasteiger charge is 2.22. The van der Waals surface area contributed by atoms with Crippen LogP contribution >= 0.6 is 0 Å². The second-order valence-corrected chi connectivity index (χ2v) is 4.68. The van der Waals surface area contributed by atoms with Crippen molar-refractivity contribution in [2.45, 2.75) is 18.9 Å². The molecule has 1 fully saturated rings. The third-order valence-electron chi connectivity index (χ3n) is 3.41. The van der Waals surface area contributed by atoms with Gasteiger partial charge in [-0.15, -0.1) is 0 Å². The van der Waals surface area contributed by atoms with Crippen molar-refractivity contribution in [3.05, 3.63) is 18.7 Å². The van der Waals surface area contributed by atoms with E-state index in [0.717, 1.165) is 36.1 Å². The van der Waals surface area contributed by atoms with E-state index in [4.69, 9.17) is 4.74 Å². The third-order valence-corrected chi connectivity index (χ3v) is 3.41. The summed E-state index contributed by atoms with van der Waals surface area (Å²) in [6, 6.07) is 0. The number of hydrogen-bond donors (Lipinski definition) is 1. The van der Waals surface area contributed by atoms with Crippen LogP contribution in [0.25, 0.3) is 10.9 Å². The second kappa shape index (κ2) is 4.97. The van der Waals surface area contributed by atoms with Crippen LogP contribution in [0.2, 0.25) is 0 Å². The zero-order valence-electron chi connectivity index (χ0n) is 10.8. The van der Waals surface area contributed by atoms with Crippen molar-refractivity contribution < 1.29 is 9.84 Å². The van der Waals surface area contributed by atoms with Crippen LogP contribution in [0.1, 0.15) is 12.8 Å².